The number of hydroxylamine groups is 1. The van der Waals surface area contributed by atoms with Crippen LogP contribution < -0.4 is 5.06 Å². The lowest BCUT2D eigenvalue weighted by Crippen LogP contribution is -2.57. The van der Waals surface area contributed by atoms with Gasteiger partial charge in [-0.25, -0.2) is 14.2 Å². The minimum atomic E-state index is -5.87. The second kappa shape index (κ2) is 5.97. The van der Waals surface area contributed by atoms with Crippen LogP contribution in [-0.4, -0.2) is 23.9 Å². The van der Waals surface area contributed by atoms with Gasteiger partial charge in [0.05, 0.1) is 5.69 Å². The van der Waals surface area contributed by atoms with Gasteiger partial charge in [0.2, 0.25) is 0 Å². The Bertz CT molecular complexity index is 799. The van der Waals surface area contributed by atoms with Gasteiger partial charge in [-0.2, -0.15) is 31.4 Å². The molecule has 0 unspecified atom stereocenters. The largest absolute Gasteiger partial charge is 0.450 e. The van der Waals surface area contributed by atoms with E-state index in [0.29, 0.717) is 5.06 Å². The first-order valence-electron chi connectivity index (χ1n) is 7.09. The minimum Gasteiger partial charge on any atom is -0.217 e. The first-order valence-corrected chi connectivity index (χ1v) is 7.09. The number of hydrogen-bond donors (Lipinski definition) is 0. The number of hydrogen-bond acceptors (Lipinski definition) is 3. The molecule has 0 atom stereocenters. The van der Waals surface area contributed by atoms with Gasteiger partial charge in [-0.15, -0.1) is 0 Å². The van der Waals surface area contributed by atoms with Crippen molar-refractivity contribution in [1.82, 2.24) is 0 Å². The molecule has 3 nitrogen and oxygen atoms in total. The first-order chi connectivity index (χ1) is 12.1. The predicted octanol–water partition coefficient (Wildman–Crippen LogP) is 4.85. The Morgan fingerprint density at radius 2 is 1.35 bits per heavy atom. The Balaban J connectivity index is 2.20. The molecule has 0 aliphatic carbocycles. The summed E-state index contributed by atoms with van der Waals surface area (Å²) in [7, 11) is 0. The van der Waals surface area contributed by atoms with Crippen LogP contribution >= 0.6 is 0 Å². The van der Waals surface area contributed by atoms with Gasteiger partial charge >= 0.3 is 18.1 Å². The van der Waals surface area contributed by atoms with Crippen molar-refractivity contribution in [2.45, 2.75) is 18.1 Å². The average Bonchev–Trinajstić information content (AvgIpc) is 2.98. The van der Waals surface area contributed by atoms with E-state index >= 15 is 0 Å². The zero-order valence-corrected chi connectivity index (χ0v) is 12.6. The standard InChI is InChI=1S/C16H9F7N2O/c17-11-8-6-10(7-9-11)13-24-14(15(18,19)20,16(21,22)23)26-25(13)12-4-2-1-3-5-12/h1-9H. The van der Waals surface area contributed by atoms with Gasteiger partial charge in [0.15, 0.2) is 5.84 Å². The Morgan fingerprint density at radius 1 is 0.808 bits per heavy atom. The van der Waals surface area contributed by atoms with Crippen LogP contribution in [-0.2, 0) is 4.84 Å². The van der Waals surface area contributed by atoms with Crippen LogP contribution in [0.5, 0.6) is 0 Å². The lowest BCUT2D eigenvalue weighted by Gasteiger charge is -2.30. The molecule has 0 N–H and O–H groups in total. The van der Waals surface area contributed by atoms with Crippen LogP contribution in [0.15, 0.2) is 59.6 Å². The van der Waals surface area contributed by atoms with E-state index in [1.165, 1.54) is 30.3 Å². The molecule has 1 aliphatic rings. The number of halogens is 7. The summed E-state index contributed by atoms with van der Waals surface area (Å²) in [6.07, 6.45) is -11.7. The van der Waals surface area contributed by atoms with Gasteiger partial charge in [-0.1, -0.05) is 18.2 Å². The van der Waals surface area contributed by atoms with E-state index in [1.807, 2.05) is 0 Å². The molecule has 138 valence electrons. The molecular weight excluding hydrogens is 369 g/mol. The summed E-state index contributed by atoms with van der Waals surface area (Å²) >= 11 is 0. The summed E-state index contributed by atoms with van der Waals surface area (Å²) < 4.78 is 93.0. The van der Waals surface area contributed by atoms with Gasteiger partial charge in [0, 0.05) is 5.56 Å². The smallest absolute Gasteiger partial charge is 0.217 e. The molecule has 1 aliphatic heterocycles. The van der Waals surface area contributed by atoms with Crippen LogP contribution in [0.25, 0.3) is 0 Å². The van der Waals surface area contributed by atoms with Crippen molar-refractivity contribution in [3.63, 3.8) is 0 Å². The van der Waals surface area contributed by atoms with E-state index in [2.05, 4.69) is 9.83 Å². The summed E-state index contributed by atoms with van der Waals surface area (Å²) in [4.78, 5) is 7.21. The van der Waals surface area contributed by atoms with Crippen LogP contribution in [0.1, 0.15) is 5.56 Å². The molecule has 0 saturated heterocycles. The number of alkyl halides is 6. The zero-order chi connectivity index (χ0) is 19.2. The molecule has 0 aromatic heterocycles. The third-order valence-corrected chi connectivity index (χ3v) is 3.54. The number of para-hydroxylation sites is 1. The lowest BCUT2D eigenvalue weighted by atomic mass is 10.1. The van der Waals surface area contributed by atoms with E-state index in [1.54, 1.807) is 0 Å². The van der Waals surface area contributed by atoms with E-state index in [-0.39, 0.29) is 11.3 Å². The fraction of sp³-hybridized carbons (Fsp3) is 0.188. The van der Waals surface area contributed by atoms with E-state index in [0.717, 1.165) is 24.3 Å². The van der Waals surface area contributed by atoms with E-state index in [9.17, 15) is 30.7 Å². The van der Waals surface area contributed by atoms with Crippen molar-refractivity contribution >= 4 is 11.5 Å². The molecule has 0 bridgehead atoms. The quantitative estimate of drug-likeness (QED) is 0.699. The van der Waals surface area contributed by atoms with Crippen LogP contribution in [0.2, 0.25) is 0 Å². The number of amidine groups is 1. The molecule has 2 aromatic rings. The highest BCUT2D eigenvalue weighted by atomic mass is 19.4. The second-order valence-electron chi connectivity index (χ2n) is 5.30. The fourth-order valence-electron chi connectivity index (χ4n) is 2.30. The third-order valence-electron chi connectivity index (χ3n) is 3.54. The van der Waals surface area contributed by atoms with Crippen molar-refractivity contribution in [1.29, 1.82) is 0 Å². The maximum absolute atomic E-state index is 13.3. The predicted molar refractivity (Wildman–Crippen MR) is 77.8 cm³/mol. The van der Waals surface area contributed by atoms with E-state index < -0.39 is 29.7 Å². The molecule has 0 fully saturated rings. The summed E-state index contributed by atoms with van der Waals surface area (Å²) in [5.41, 5.74) is -5.05. The molecule has 10 heteroatoms. The summed E-state index contributed by atoms with van der Waals surface area (Å²) in [6, 6.07) is 10.6. The highest BCUT2D eigenvalue weighted by Gasteiger charge is 2.77. The van der Waals surface area contributed by atoms with Crippen LogP contribution in [0.3, 0.4) is 0 Å². The Hall–Kier alpha value is -2.62. The van der Waals surface area contributed by atoms with Gasteiger partial charge < -0.3 is 0 Å². The number of rotatable bonds is 2. The van der Waals surface area contributed by atoms with Gasteiger partial charge in [-0.05, 0) is 36.4 Å². The first kappa shape index (κ1) is 18.2. The molecular formula is C16H9F7N2O. The topological polar surface area (TPSA) is 24.8 Å². The highest BCUT2D eigenvalue weighted by Crippen LogP contribution is 2.51. The highest BCUT2D eigenvalue weighted by molar-refractivity contribution is 6.09. The van der Waals surface area contributed by atoms with Gasteiger partial charge in [0.25, 0.3) is 0 Å². The number of aliphatic imine (C=N–C) groups is 1. The molecule has 3 rings (SSSR count). The minimum absolute atomic E-state index is 0.106. The molecule has 1 heterocycles. The monoisotopic (exact) mass is 378 g/mol. The third kappa shape index (κ3) is 2.90. The average molecular weight is 378 g/mol. The number of benzene rings is 2. The van der Waals surface area contributed by atoms with Crippen molar-refractivity contribution in [3.05, 3.63) is 66.0 Å². The molecule has 26 heavy (non-hydrogen) atoms. The Morgan fingerprint density at radius 3 is 1.85 bits per heavy atom. The van der Waals surface area contributed by atoms with Crippen molar-refractivity contribution in [2.75, 3.05) is 5.06 Å². The molecule has 2 aromatic carbocycles. The SMILES string of the molecule is Fc1ccc(C2=NC(C(F)(F)F)(C(F)(F)F)ON2c2ccccc2)cc1. The molecule has 0 saturated carbocycles. The van der Waals surface area contributed by atoms with Crippen LogP contribution in [0, 0.1) is 5.82 Å². The summed E-state index contributed by atoms with van der Waals surface area (Å²) in [5.74, 6) is -1.46. The van der Waals surface area contributed by atoms with Crippen molar-refractivity contribution in [3.8, 4) is 0 Å². The normalized spacial score (nSPS) is 17.3. The number of nitrogens with zero attached hydrogens (tertiary/aromatic N) is 2. The van der Waals surface area contributed by atoms with Gasteiger partial charge in [0.1, 0.15) is 5.82 Å². The van der Waals surface area contributed by atoms with Crippen LogP contribution in [0.4, 0.5) is 36.4 Å². The molecule has 0 radical (unpaired) electrons. The summed E-state index contributed by atoms with van der Waals surface area (Å²) in [5, 5.41) is 0.341. The van der Waals surface area contributed by atoms with E-state index in [4.69, 9.17) is 0 Å². The maximum Gasteiger partial charge on any atom is 0.450 e. The summed E-state index contributed by atoms with van der Waals surface area (Å²) in [6.45, 7) is 0. The molecule has 0 spiro atoms. The second-order valence-corrected chi connectivity index (χ2v) is 5.30. The Labute approximate surface area is 142 Å². The zero-order valence-electron chi connectivity index (χ0n) is 12.6. The van der Waals surface area contributed by atoms with Crippen molar-refractivity contribution < 1.29 is 35.6 Å². The maximum atomic E-state index is 13.3. The van der Waals surface area contributed by atoms with Gasteiger partial charge in [-0.3, -0.25) is 0 Å². The van der Waals surface area contributed by atoms with Crippen molar-refractivity contribution in [2.24, 2.45) is 4.99 Å². The lowest BCUT2D eigenvalue weighted by molar-refractivity contribution is -0.372. The molecule has 0 amide bonds. The fourth-order valence-corrected chi connectivity index (χ4v) is 2.30. The Kier molecular flexibility index (Phi) is 4.18. The number of anilines is 1.